The van der Waals surface area contributed by atoms with E-state index in [0.29, 0.717) is 16.7 Å². The Labute approximate surface area is 115 Å². The molecule has 1 aromatic rings. The first-order valence-electron chi connectivity index (χ1n) is 5.97. The third kappa shape index (κ3) is 2.09. The molecule has 104 valence electrons. The summed E-state index contributed by atoms with van der Waals surface area (Å²) in [6, 6.07) is 2.59. The summed E-state index contributed by atoms with van der Waals surface area (Å²) in [4.78, 5) is 26.9. The second kappa shape index (κ2) is 4.88. The van der Waals surface area contributed by atoms with Crippen LogP contribution >= 0.6 is 0 Å². The minimum absolute atomic E-state index is 0.0489. The molecule has 4 N–H and O–H groups in total. The van der Waals surface area contributed by atoms with Crippen LogP contribution in [0.4, 0.5) is 4.39 Å². The number of carbonyl (C=O) groups is 2. The summed E-state index contributed by atoms with van der Waals surface area (Å²) in [5, 5.41) is 0. The van der Waals surface area contributed by atoms with Gasteiger partial charge in [0, 0.05) is 18.2 Å². The van der Waals surface area contributed by atoms with Crippen LogP contribution in [0, 0.1) is 5.95 Å². The van der Waals surface area contributed by atoms with Gasteiger partial charge in [-0.15, -0.1) is 0 Å². The normalized spacial score (nSPS) is 21.9. The van der Waals surface area contributed by atoms with Crippen molar-refractivity contribution in [2.75, 3.05) is 0 Å². The zero-order valence-corrected chi connectivity index (χ0v) is 10.9. The summed E-state index contributed by atoms with van der Waals surface area (Å²) in [5.41, 5.74) is 11.0. The minimum atomic E-state index is -1.22. The number of amides is 2. The molecule has 5 nitrogen and oxygen atoms in total. The van der Waals surface area contributed by atoms with Crippen molar-refractivity contribution < 1.29 is 14.0 Å². The monoisotopic (exact) mass is 275 g/mol. The fourth-order valence-electron chi connectivity index (χ4n) is 2.40. The first kappa shape index (κ1) is 13.9. The Morgan fingerprint density at radius 1 is 1.30 bits per heavy atom. The van der Waals surface area contributed by atoms with Gasteiger partial charge in [0.05, 0.1) is 0 Å². The van der Waals surface area contributed by atoms with E-state index in [0.717, 1.165) is 6.07 Å². The largest absolute Gasteiger partial charge is 0.369 e. The lowest BCUT2D eigenvalue weighted by molar-refractivity contribution is -0.122. The van der Waals surface area contributed by atoms with Crippen LogP contribution in [0.15, 0.2) is 41.6 Å². The van der Waals surface area contributed by atoms with E-state index in [9.17, 15) is 14.0 Å². The lowest BCUT2D eigenvalue weighted by Gasteiger charge is -2.34. The second-order valence-electron chi connectivity index (χ2n) is 4.72. The fourth-order valence-corrected chi connectivity index (χ4v) is 2.40. The quantitative estimate of drug-likeness (QED) is 0.794. The molecule has 2 rings (SSSR count). The van der Waals surface area contributed by atoms with Gasteiger partial charge in [0.25, 0.3) is 0 Å². The molecule has 0 radical (unpaired) electrons. The molecular formula is C14H14FN3O2. The highest BCUT2D eigenvalue weighted by molar-refractivity contribution is 5.98. The molecule has 1 aliphatic carbocycles. The standard InChI is InChI=1S/C14H14FN3O2/c1-8-2-3-9(12(16)19)6-14(8,13(17)20)10-4-5-11(15)18-7-10/h2-5,7H,6H2,1H3,(H2,16,19)(H2,17,20). The molecule has 1 heterocycles. The molecular weight excluding hydrogens is 261 g/mol. The zero-order chi connectivity index (χ0) is 14.9. The maximum atomic E-state index is 13.0. The summed E-state index contributed by atoms with van der Waals surface area (Å²) < 4.78 is 13.0. The molecule has 1 unspecified atom stereocenters. The van der Waals surface area contributed by atoms with Crippen LogP contribution in [0.1, 0.15) is 18.9 Å². The van der Waals surface area contributed by atoms with Gasteiger partial charge in [-0.05, 0) is 18.6 Å². The van der Waals surface area contributed by atoms with Gasteiger partial charge in [0.15, 0.2) is 0 Å². The first-order valence-corrected chi connectivity index (χ1v) is 5.97. The van der Waals surface area contributed by atoms with Gasteiger partial charge >= 0.3 is 0 Å². The molecule has 1 aliphatic rings. The van der Waals surface area contributed by atoms with Gasteiger partial charge < -0.3 is 11.5 Å². The van der Waals surface area contributed by atoms with Gasteiger partial charge in [-0.25, -0.2) is 4.98 Å². The number of halogens is 1. The highest BCUT2D eigenvalue weighted by Crippen LogP contribution is 2.40. The van der Waals surface area contributed by atoms with E-state index >= 15 is 0 Å². The van der Waals surface area contributed by atoms with Crippen LogP contribution in [0.5, 0.6) is 0 Å². The maximum absolute atomic E-state index is 13.0. The van der Waals surface area contributed by atoms with Crippen molar-refractivity contribution in [1.82, 2.24) is 4.98 Å². The number of hydrogen-bond acceptors (Lipinski definition) is 3. The van der Waals surface area contributed by atoms with Crippen LogP contribution in [-0.4, -0.2) is 16.8 Å². The van der Waals surface area contributed by atoms with Crippen LogP contribution in [0.3, 0.4) is 0 Å². The van der Waals surface area contributed by atoms with Gasteiger partial charge in [0.1, 0.15) is 5.41 Å². The van der Waals surface area contributed by atoms with Gasteiger partial charge in [-0.3, -0.25) is 9.59 Å². The Morgan fingerprint density at radius 3 is 2.50 bits per heavy atom. The third-order valence-corrected chi connectivity index (χ3v) is 3.62. The Hall–Kier alpha value is -2.50. The predicted octanol–water partition coefficient (Wildman–Crippen LogP) is 0.705. The summed E-state index contributed by atoms with van der Waals surface area (Å²) in [6.07, 6.45) is 4.49. The summed E-state index contributed by atoms with van der Waals surface area (Å²) in [5.74, 6) is -1.91. The predicted molar refractivity (Wildman–Crippen MR) is 70.7 cm³/mol. The molecule has 6 heteroatoms. The zero-order valence-electron chi connectivity index (χ0n) is 10.9. The first-order chi connectivity index (χ1) is 9.37. The van der Waals surface area contributed by atoms with Crippen LogP contribution < -0.4 is 11.5 Å². The van der Waals surface area contributed by atoms with Crippen molar-refractivity contribution in [3.8, 4) is 0 Å². The summed E-state index contributed by atoms with van der Waals surface area (Å²) in [7, 11) is 0. The van der Waals surface area contributed by atoms with Gasteiger partial charge in [0.2, 0.25) is 17.8 Å². The third-order valence-electron chi connectivity index (χ3n) is 3.62. The second-order valence-corrected chi connectivity index (χ2v) is 4.72. The number of nitrogens with zero attached hydrogens (tertiary/aromatic N) is 1. The van der Waals surface area contributed by atoms with E-state index in [1.807, 2.05) is 0 Å². The van der Waals surface area contributed by atoms with E-state index in [-0.39, 0.29) is 6.42 Å². The molecule has 0 saturated heterocycles. The molecule has 0 saturated carbocycles. The van der Waals surface area contributed by atoms with E-state index in [1.165, 1.54) is 12.3 Å². The van der Waals surface area contributed by atoms with Crippen molar-refractivity contribution >= 4 is 11.8 Å². The number of aromatic nitrogens is 1. The van der Waals surface area contributed by atoms with E-state index in [2.05, 4.69) is 4.98 Å². The molecule has 20 heavy (non-hydrogen) atoms. The number of allylic oxidation sites excluding steroid dienone is 2. The van der Waals surface area contributed by atoms with Crippen molar-refractivity contribution in [2.45, 2.75) is 18.8 Å². The Kier molecular flexibility index (Phi) is 3.40. The molecule has 0 spiro atoms. The number of pyridine rings is 1. The summed E-state index contributed by atoms with van der Waals surface area (Å²) >= 11 is 0. The number of carbonyl (C=O) groups excluding carboxylic acids is 2. The number of hydrogen-bond donors (Lipinski definition) is 2. The fraction of sp³-hybridized carbons (Fsp3) is 0.214. The van der Waals surface area contributed by atoms with Crippen molar-refractivity contribution in [3.05, 3.63) is 53.1 Å². The van der Waals surface area contributed by atoms with Crippen LogP contribution in [0.2, 0.25) is 0 Å². The SMILES string of the molecule is CC1=CC=C(C(N)=O)CC1(C(N)=O)c1ccc(F)nc1. The van der Waals surface area contributed by atoms with Gasteiger partial charge in [-0.1, -0.05) is 23.8 Å². The average Bonchev–Trinajstić information content (AvgIpc) is 2.40. The number of nitrogens with two attached hydrogens (primary N) is 2. The molecule has 0 aromatic carbocycles. The minimum Gasteiger partial charge on any atom is -0.369 e. The van der Waals surface area contributed by atoms with E-state index in [1.54, 1.807) is 19.1 Å². The molecule has 1 atom stereocenters. The highest BCUT2D eigenvalue weighted by atomic mass is 19.1. The Morgan fingerprint density at radius 2 is 2.00 bits per heavy atom. The highest BCUT2D eigenvalue weighted by Gasteiger charge is 2.43. The van der Waals surface area contributed by atoms with Crippen molar-refractivity contribution in [1.29, 1.82) is 0 Å². The Balaban J connectivity index is 2.60. The average molecular weight is 275 g/mol. The molecule has 1 aromatic heterocycles. The summed E-state index contributed by atoms with van der Waals surface area (Å²) in [6.45, 7) is 1.72. The molecule has 0 bridgehead atoms. The van der Waals surface area contributed by atoms with E-state index in [4.69, 9.17) is 11.5 Å². The maximum Gasteiger partial charge on any atom is 0.244 e. The Bertz CT molecular complexity index is 634. The molecule has 0 fully saturated rings. The van der Waals surface area contributed by atoms with Crippen molar-refractivity contribution in [2.24, 2.45) is 11.5 Å². The lowest BCUT2D eigenvalue weighted by Crippen LogP contribution is -2.44. The van der Waals surface area contributed by atoms with Gasteiger partial charge in [-0.2, -0.15) is 4.39 Å². The molecule has 2 amide bonds. The smallest absolute Gasteiger partial charge is 0.244 e. The van der Waals surface area contributed by atoms with Crippen LogP contribution in [-0.2, 0) is 15.0 Å². The number of rotatable bonds is 3. The lowest BCUT2D eigenvalue weighted by atomic mass is 9.68. The van der Waals surface area contributed by atoms with Crippen molar-refractivity contribution in [3.63, 3.8) is 0 Å². The molecule has 0 aliphatic heterocycles. The van der Waals surface area contributed by atoms with E-state index < -0.39 is 23.2 Å². The number of primary amides is 2. The topological polar surface area (TPSA) is 99.1 Å². The van der Waals surface area contributed by atoms with Crippen LogP contribution in [0.25, 0.3) is 0 Å².